The van der Waals surface area contributed by atoms with Crippen LogP contribution in [-0.4, -0.2) is 28.0 Å². The molecule has 0 unspecified atom stereocenters. The van der Waals surface area contributed by atoms with Crippen molar-refractivity contribution in [2.24, 2.45) is 0 Å². The lowest BCUT2D eigenvalue weighted by Crippen LogP contribution is -2.31. The third-order valence-electron chi connectivity index (χ3n) is 3.63. The molecule has 0 radical (unpaired) electrons. The molecule has 0 atom stereocenters. The first-order valence-corrected chi connectivity index (χ1v) is 8.18. The highest BCUT2D eigenvalue weighted by Gasteiger charge is 2.06. The predicted octanol–water partition coefficient (Wildman–Crippen LogP) is 2.96. The van der Waals surface area contributed by atoms with E-state index in [1.54, 1.807) is 61.1 Å². The van der Waals surface area contributed by atoms with Crippen molar-refractivity contribution < 1.29 is 9.59 Å². The number of benzene rings is 2. The summed E-state index contributed by atoms with van der Waals surface area (Å²) in [4.78, 5) is 28.1. The maximum Gasteiger partial charge on any atom is 0.319 e. The zero-order chi connectivity index (χ0) is 18.2. The van der Waals surface area contributed by atoms with Crippen LogP contribution in [0.2, 0.25) is 0 Å². The highest BCUT2D eigenvalue weighted by atomic mass is 16.2. The van der Waals surface area contributed by atoms with E-state index in [9.17, 15) is 9.59 Å². The second kappa shape index (κ2) is 8.48. The van der Waals surface area contributed by atoms with Crippen LogP contribution in [0.15, 0.2) is 73.3 Å². The van der Waals surface area contributed by atoms with E-state index >= 15 is 0 Å². The second-order valence-electron chi connectivity index (χ2n) is 5.58. The Kier molecular flexibility index (Phi) is 5.61. The SMILES string of the molecule is O=C(NCCn1ccnc1)Nc1cccc(NC(=O)c2ccccc2)c1. The highest BCUT2D eigenvalue weighted by molar-refractivity contribution is 6.04. The van der Waals surface area contributed by atoms with Gasteiger partial charge in [0.1, 0.15) is 0 Å². The Balaban J connectivity index is 1.52. The highest BCUT2D eigenvalue weighted by Crippen LogP contribution is 2.16. The maximum absolute atomic E-state index is 12.2. The smallest absolute Gasteiger partial charge is 0.319 e. The van der Waals surface area contributed by atoms with E-state index in [-0.39, 0.29) is 11.9 Å². The summed E-state index contributed by atoms with van der Waals surface area (Å²) in [7, 11) is 0. The number of hydrogen-bond acceptors (Lipinski definition) is 3. The summed E-state index contributed by atoms with van der Waals surface area (Å²) < 4.78 is 1.88. The normalized spacial score (nSPS) is 10.2. The monoisotopic (exact) mass is 349 g/mol. The van der Waals surface area contributed by atoms with E-state index in [1.807, 2.05) is 16.8 Å². The van der Waals surface area contributed by atoms with Gasteiger partial charge in [-0.3, -0.25) is 4.79 Å². The number of imidazole rings is 1. The van der Waals surface area contributed by atoms with Crippen molar-refractivity contribution >= 4 is 23.3 Å². The first-order chi connectivity index (χ1) is 12.7. The number of carbonyl (C=O) groups excluding carboxylic acids is 2. The van der Waals surface area contributed by atoms with Gasteiger partial charge in [0.25, 0.3) is 5.91 Å². The summed E-state index contributed by atoms with van der Waals surface area (Å²) in [5.74, 6) is -0.201. The molecule has 0 spiro atoms. The topological polar surface area (TPSA) is 88.1 Å². The number of rotatable bonds is 6. The van der Waals surface area contributed by atoms with Crippen LogP contribution in [0.3, 0.4) is 0 Å². The van der Waals surface area contributed by atoms with Crippen molar-refractivity contribution in [1.82, 2.24) is 14.9 Å². The zero-order valence-corrected chi connectivity index (χ0v) is 14.1. The summed E-state index contributed by atoms with van der Waals surface area (Å²) >= 11 is 0. The van der Waals surface area contributed by atoms with E-state index in [2.05, 4.69) is 20.9 Å². The number of anilines is 2. The van der Waals surface area contributed by atoms with Crippen LogP contribution in [-0.2, 0) is 6.54 Å². The van der Waals surface area contributed by atoms with E-state index in [0.29, 0.717) is 30.0 Å². The van der Waals surface area contributed by atoms with Crippen LogP contribution in [0.1, 0.15) is 10.4 Å². The Morgan fingerprint density at radius 1 is 0.962 bits per heavy atom. The van der Waals surface area contributed by atoms with E-state index in [4.69, 9.17) is 0 Å². The number of hydrogen-bond donors (Lipinski definition) is 3. The first kappa shape index (κ1) is 17.2. The van der Waals surface area contributed by atoms with Crippen LogP contribution < -0.4 is 16.0 Å². The molecule has 0 fully saturated rings. The average Bonchev–Trinajstić information content (AvgIpc) is 3.16. The Morgan fingerprint density at radius 3 is 2.46 bits per heavy atom. The predicted molar refractivity (Wildman–Crippen MR) is 100 cm³/mol. The summed E-state index contributed by atoms with van der Waals surface area (Å²) in [6.45, 7) is 1.12. The molecule has 3 N–H and O–H groups in total. The van der Waals surface area contributed by atoms with Gasteiger partial charge in [-0.05, 0) is 30.3 Å². The summed E-state index contributed by atoms with van der Waals surface area (Å²) in [6, 6.07) is 15.6. The van der Waals surface area contributed by atoms with Crippen LogP contribution in [0, 0.1) is 0 Å². The van der Waals surface area contributed by atoms with Gasteiger partial charge in [0.2, 0.25) is 0 Å². The fourth-order valence-electron chi connectivity index (χ4n) is 2.36. The molecule has 3 amide bonds. The minimum absolute atomic E-state index is 0.201. The Morgan fingerprint density at radius 2 is 1.73 bits per heavy atom. The molecule has 0 aliphatic heterocycles. The number of carbonyl (C=O) groups is 2. The van der Waals surface area contributed by atoms with Gasteiger partial charge >= 0.3 is 6.03 Å². The molecule has 0 aliphatic rings. The lowest BCUT2D eigenvalue weighted by molar-refractivity contribution is 0.102. The molecule has 1 aromatic heterocycles. The van der Waals surface area contributed by atoms with Crippen molar-refractivity contribution in [3.8, 4) is 0 Å². The Bertz CT molecular complexity index is 863. The van der Waals surface area contributed by atoms with Gasteiger partial charge in [-0.15, -0.1) is 0 Å². The van der Waals surface area contributed by atoms with Gasteiger partial charge in [0.15, 0.2) is 0 Å². The van der Waals surface area contributed by atoms with Gasteiger partial charge in [-0.2, -0.15) is 0 Å². The number of amides is 3. The lowest BCUT2D eigenvalue weighted by Gasteiger charge is -2.10. The molecule has 0 saturated heterocycles. The standard InChI is InChI=1S/C19H19N5O2/c25-18(15-5-2-1-3-6-15)22-16-7-4-8-17(13-16)23-19(26)21-10-12-24-11-9-20-14-24/h1-9,11,13-14H,10,12H2,(H,22,25)(H2,21,23,26). The molecular weight excluding hydrogens is 330 g/mol. The van der Waals surface area contributed by atoms with Crippen molar-refractivity contribution in [2.75, 3.05) is 17.2 Å². The van der Waals surface area contributed by atoms with Gasteiger partial charge in [0.05, 0.1) is 6.33 Å². The first-order valence-electron chi connectivity index (χ1n) is 8.18. The third-order valence-corrected chi connectivity index (χ3v) is 3.63. The maximum atomic E-state index is 12.2. The van der Waals surface area contributed by atoms with E-state index in [1.165, 1.54) is 0 Å². The van der Waals surface area contributed by atoms with Gasteiger partial charge in [-0.1, -0.05) is 24.3 Å². The van der Waals surface area contributed by atoms with Crippen LogP contribution in [0.25, 0.3) is 0 Å². The molecule has 3 rings (SSSR count). The van der Waals surface area contributed by atoms with E-state index in [0.717, 1.165) is 0 Å². The molecule has 1 heterocycles. The second-order valence-corrected chi connectivity index (χ2v) is 5.58. The molecule has 26 heavy (non-hydrogen) atoms. The fourth-order valence-corrected chi connectivity index (χ4v) is 2.36. The summed E-state index contributed by atoms with van der Waals surface area (Å²) in [6.07, 6.45) is 5.21. The minimum Gasteiger partial charge on any atom is -0.336 e. The van der Waals surface area contributed by atoms with Gasteiger partial charge < -0.3 is 20.5 Å². The van der Waals surface area contributed by atoms with Crippen molar-refractivity contribution in [3.05, 3.63) is 78.9 Å². The quantitative estimate of drug-likeness (QED) is 0.639. The Labute approximate surface area is 151 Å². The van der Waals surface area contributed by atoms with Crippen LogP contribution >= 0.6 is 0 Å². The molecular formula is C19H19N5O2. The van der Waals surface area contributed by atoms with Crippen LogP contribution in [0.5, 0.6) is 0 Å². The number of aromatic nitrogens is 2. The lowest BCUT2D eigenvalue weighted by atomic mass is 10.2. The molecule has 3 aromatic rings. The molecule has 7 nitrogen and oxygen atoms in total. The summed E-state index contributed by atoms with van der Waals surface area (Å²) in [5.41, 5.74) is 1.77. The Hall–Kier alpha value is -3.61. The largest absolute Gasteiger partial charge is 0.336 e. The molecule has 132 valence electrons. The number of urea groups is 1. The zero-order valence-electron chi connectivity index (χ0n) is 14.1. The summed E-state index contributed by atoms with van der Waals surface area (Å²) in [5, 5.41) is 8.33. The molecule has 0 saturated carbocycles. The van der Waals surface area contributed by atoms with Crippen molar-refractivity contribution in [1.29, 1.82) is 0 Å². The molecule has 0 bridgehead atoms. The minimum atomic E-state index is -0.309. The van der Waals surface area contributed by atoms with Gasteiger partial charge in [-0.25, -0.2) is 9.78 Å². The molecule has 7 heteroatoms. The van der Waals surface area contributed by atoms with Crippen molar-refractivity contribution in [3.63, 3.8) is 0 Å². The van der Waals surface area contributed by atoms with Crippen molar-refractivity contribution in [2.45, 2.75) is 6.54 Å². The molecule has 0 aliphatic carbocycles. The number of nitrogens with zero attached hydrogens (tertiary/aromatic N) is 2. The average molecular weight is 349 g/mol. The number of nitrogens with one attached hydrogen (secondary N) is 3. The van der Waals surface area contributed by atoms with Crippen LogP contribution in [0.4, 0.5) is 16.2 Å². The molecule has 2 aromatic carbocycles. The van der Waals surface area contributed by atoms with E-state index < -0.39 is 0 Å². The van der Waals surface area contributed by atoms with Gasteiger partial charge in [0, 0.05) is 42.4 Å². The fraction of sp³-hybridized carbons (Fsp3) is 0.105. The third kappa shape index (κ3) is 4.94.